The maximum Gasteiger partial charge on any atom is 0.167 e. The van der Waals surface area contributed by atoms with Crippen molar-refractivity contribution in [3.8, 4) is 0 Å². The van der Waals surface area contributed by atoms with Gasteiger partial charge in [0.15, 0.2) is 5.65 Å². The largest absolute Gasteiger partial charge is 0.383 e. The summed E-state index contributed by atoms with van der Waals surface area (Å²) in [7, 11) is 2.12. The van der Waals surface area contributed by atoms with Crippen molar-refractivity contribution in [2.24, 2.45) is 0 Å². The average molecular weight is 457 g/mol. The number of anilines is 3. The van der Waals surface area contributed by atoms with E-state index in [1.807, 2.05) is 18.0 Å². The number of nitrogens with zero attached hydrogens (tertiary/aromatic N) is 5. The number of thioether (sulfide) groups is 1. The van der Waals surface area contributed by atoms with E-state index in [0.717, 1.165) is 52.6 Å². The molecule has 1 saturated heterocycles. The minimum atomic E-state index is 0.592. The third-order valence-electron chi connectivity index (χ3n) is 5.35. The Kier molecular flexibility index (Phi) is 4.47. The van der Waals surface area contributed by atoms with E-state index in [2.05, 4.69) is 68.2 Å². The summed E-state index contributed by atoms with van der Waals surface area (Å²) in [5, 5.41) is 4.54. The highest BCUT2D eigenvalue weighted by atomic mass is 79.9. The van der Waals surface area contributed by atoms with E-state index >= 15 is 0 Å². The lowest BCUT2D eigenvalue weighted by Gasteiger charge is -2.29. The van der Waals surface area contributed by atoms with E-state index in [1.165, 1.54) is 16.8 Å². The molecule has 0 amide bonds. The number of aromatic nitrogens is 3. The van der Waals surface area contributed by atoms with Crippen LogP contribution in [-0.2, 0) is 0 Å². The van der Waals surface area contributed by atoms with Gasteiger partial charge in [-0.3, -0.25) is 0 Å². The molecule has 6 nitrogen and oxygen atoms in total. The van der Waals surface area contributed by atoms with Gasteiger partial charge in [0.05, 0.1) is 6.20 Å². The Hall–Kier alpha value is -2.19. The van der Waals surface area contributed by atoms with Crippen LogP contribution in [0.25, 0.3) is 17.3 Å². The number of likely N-dealkylation sites (N-methyl/N-ethyl adjacent to an activating group) is 1. The molecule has 0 aliphatic carbocycles. The summed E-state index contributed by atoms with van der Waals surface area (Å²) in [6.07, 6.45) is 4.12. The molecule has 2 aliphatic heterocycles. The molecule has 0 unspecified atom stereocenters. The Bertz CT molecular complexity index is 1090. The van der Waals surface area contributed by atoms with Crippen molar-refractivity contribution in [2.45, 2.75) is 0 Å². The first kappa shape index (κ1) is 17.9. The molecule has 0 saturated carbocycles. The second-order valence-corrected chi connectivity index (χ2v) is 9.13. The van der Waals surface area contributed by atoms with Crippen LogP contribution in [0, 0.1) is 0 Å². The molecular weight excluding hydrogens is 436 g/mol. The molecule has 2 N–H and O–H groups in total. The SMILES string of the molecule is CN1CC(c2cnn3c(N)c(Br)c(N4CCSCC4)nc23)=Cc2ccccc21. The third kappa shape index (κ3) is 2.86. The number of hydrogen-bond donors (Lipinski definition) is 1. The van der Waals surface area contributed by atoms with Crippen molar-refractivity contribution in [2.75, 3.05) is 53.7 Å². The van der Waals surface area contributed by atoms with Crippen molar-refractivity contribution in [3.05, 3.63) is 46.1 Å². The molecule has 3 aromatic rings. The molecule has 4 heterocycles. The Morgan fingerprint density at radius 3 is 2.79 bits per heavy atom. The van der Waals surface area contributed by atoms with Crippen LogP contribution < -0.4 is 15.5 Å². The van der Waals surface area contributed by atoms with E-state index in [-0.39, 0.29) is 0 Å². The molecule has 144 valence electrons. The molecule has 1 aromatic carbocycles. The van der Waals surface area contributed by atoms with Gasteiger partial charge in [-0.15, -0.1) is 0 Å². The number of fused-ring (bicyclic) bond motifs is 2. The minimum Gasteiger partial charge on any atom is -0.383 e. The molecule has 0 bridgehead atoms. The summed E-state index contributed by atoms with van der Waals surface area (Å²) in [5.41, 5.74) is 11.9. The number of halogens is 1. The van der Waals surface area contributed by atoms with Gasteiger partial charge >= 0.3 is 0 Å². The quantitative estimate of drug-likeness (QED) is 0.635. The van der Waals surface area contributed by atoms with E-state index in [1.54, 1.807) is 4.52 Å². The third-order valence-corrected chi connectivity index (χ3v) is 7.05. The van der Waals surface area contributed by atoms with Crippen molar-refractivity contribution in [1.82, 2.24) is 14.6 Å². The second kappa shape index (κ2) is 7.00. The fourth-order valence-electron chi connectivity index (χ4n) is 3.89. The van der Waals surface area contributed by atoms with Gasteiger partial charge in [-0.25, -0.2) is 4.98 Å². The number of nitrogen functional groups attached to an aromatic ring is 1. The summed E-state index contributed by atoms with van der Waals surface area (Å²) in [5.74, 6) is 3.72. The van der Waals surface area contributed by atoms with Crippen LogP contribution in [0.15, 0.2) is 34.9 Å². The molecular formula is C20H21BrN6S. The van der Waals surface area contributed by atoms with Crippen molar-refractivity contribution in [1.29, 1.82) is 0 Å². The predicted molar refractivity (Wildman–Crippen MR) is 122 cm³/mol. The number of nitrogens with two attached hydrogens (primary N) is 1. The van der Waals surface area contributed by atoms with Crippen molar-refractivity contribution in [3.63, 3.8) is 0 Å². The second-order valence-electron chi connectivity index (χ2n) is 7.11. The predicted octanol–water partition coefficient (Wildman–Crippen LogP) is 3.62. The zero-order valence-electron chi connectivity index (χ0n) is 15.6. The molecule has 28 heavy (non-hydrogen) atoms. The van der Waals surface area contributed by atoms with Gasteiger partial charge in [0.1, 0.15) is 16.1 Å². The van der Waals surface area contributed by atoms with Gasteiger partial charge in [-0.1, -0.05) is 18.2 Å². The Morgan fingerprint density at radius 2 is 1.96 bits per heavy atom. The summed E-state index contributed by atoms with van der Waals surface area (Å²) >= 11 is 5.63. The fourth-order valence-corrected chi connectivity index (χ4v) is 5.30. The standard InChI is InChI=1S/C20H21BrN6S/c1-25-12-14(10-13-4-2-3-5-16(13)25)15-11-23-27-18(22)17(21)20(24-19(15)27)26-6-8-28-9-7-26/h2-5,10-11H,6-9,12,22H2,1H3. The lowest BCUT2D eigenvalue weighted by Crippen LogP contribution is -2.33. The maximum atomic E-state index is 6.42. The zero-order chi connectivity index (χ0) is 19.3. The first-order valence-electron chi connectivity index (χ1n) is 9.30. The smallest absolute Gasteiger partial charge is 0.167 e. The molecule has 0 spiro atoms. The molecule has 5 rings (SSSR count). The highest BCUT2D eigenvalue weighted by Crippen LogP contribution is 2.36. The first-order valence-corrected chi connectivity index (χ1v) is 11.2. The topological polar surface area (TPSA) is 62.7 Å². The van der Waals surface area contributed by atoms with Crippen molar-refractivity contribution >= 4 is 62.3 Å². The number of hydrogen-bond acceptors (Lipinski definition) is 6. The summed E-state index contributed by atoms with van der Waals surface area (Å²) in [4.78, 5) is 9.58. The van der Waals surface area contributed by atoms with Gasteiger partial charge in [0.25, 0.3) is 0 Å². The molecule has 8 heteroatoms. The van der Waals surface area contributed by atoms with Gasteiger partial charge in [0, 0.05) is 49.4 Å². The summed E-state index contributed by atoms with van der Waals surface area (Å²) < 4.78 is 2.56. The maximum absolute atomic E-state index is 6.42. The monoisotopic (exact) mass is 456 g/mol. The van der Waals surface area contributed by atoms with E-state index < -0.39 is 0 Å². The summed E-state index contributed by atoms with van der Waals surface area (Å²) in [6, 6.07) is 8.44. The van der Waals surface area contributed by atoms with Gasteiger partial charge in [-0.2, -0.15) is 21.4 Å². The highest BCUT2D eigenvalue weighted by Gasteiger charge is 2.24. The van der Waals surface area contributed by atoms with E-state index in [9.17, 15) is 0 Å². The van der Waals surface area contributed by atoms with Crippen LogP contribution in [0.5, 0.6) is 0 Å². The van der Waals surface area contributed by atoms with E-state index in [4.69, 9.17) is 10.7 Å². The van der Waals surface area contributed by atoms with Crippen LogP contribution in [0.3, 0.4) is 0 Å². The first-order chi connectivity index (χ1) is 13.6. The van der Waals surface area contributed by atoms with Gasteiger partial charge in [0.2, 0.25) is 0 Å². The van der Waals surface area contributed by atoms with Crippen LogP contribution >= 0.6 is 27.7 Å². The van der Waals surface area contributed by atoms with Gasteiger partial charge in [-0.05, 0) is 39.2 Å². The van der Waals surface area contributed by atoms with Crippen molar-refractivity contribution < 1.29 is 0 Å². The minimum absolute atomic E-state index is 0.592. The normalized spacial score (nSPS) is 17.0. The fraction of sp³-hybridized carbons (Fsp3) is 0.300. The Balaban J connectivity index is 1.65. The number of rotatable bonds is 2. The lowest BCUT2D eigenvalue weighted by molar-refractivity contribution is 0.828. The molecule has 1 fully saturated rings. The van der Waals surface area contributed by atoms with E-state index in [0.29, 0.717) is 5.82 Å². The molecule has 0 atom stereocenters. The number of para-hydroxylation sites is 1. The zero-order valence-corrected chi connectivity index (χ0v) is 18.0. The average Bonchev–Trinajstić information content (AvgIpc) is 3.15. The summed E-state index contributed by atoms with van der Waals surface area (Å²) in [6.45, 7) is 2.77. The molecule has 2 aromatic heterocycles. The highest BCUT2D eigenvalue weighted by molar-refractivity contribution is 9.10. The van der Waals surface area contributed by atoms with Crippen LogP contribution in [0.1, 0.15) is 11.1 Å². The van der Waals surface area contributed by atoms with Crippen LogP contribution in [-0.4, -0.2) is 52.8 Å². The molecule has 2 aliphatic rings. The number of benzene rings is 1. The lowest BCUT2D eigenvalue weighted by atomic mass is 9.99. The Morgan fingerprint density at radius 1 is 1.18 bits per heavy atom. The van der Waals surface area contributed by atoms with Crippen LogP contribution in [0.2, 0.25) is 0 Å². The van der Waals surface area contributed by atoms with Crippen LogP contribution in [0.4, 0.5) is 17.3 Å². The Labute approximate surface area is 176 Å². The van der Waals surface area contributed by atoms with Gasteiger partial charge < -0.3 is 15.5 Å². The molecule has 0 radical (unpaired) electrons.